The second-order valence-corrected chi connectivity index (χ2v) is 7.22. The fourth-order valence-corrected chi connectivity index (χ4v) is 3.71. The van der Waals surface area contributed by atoms with Gasteiger partial charge < -0.3 is 4.74 Å². The highest BCUT2D eigenvalue weighted by atomic mass is 32.1. The van der Waals surface area contributed by atoms with E-state index in [0.29, 0.717) is 6.61 Å². The van der Waals surface area contributed by atoms with Crippen molar-refractivity contribution in [2.24, 2.45) is 7.05 Å². The Bertz CT molecular complexity index is 810. The van der Waals surface area contributed by atoms with Crippen molar-refractivity contribution in [1.82, 2.24) is 29.9 Å². The van der Waals surface area contributed by atoms with Crippen molar-refractivity contribution < 1.29 is 4.74 Å². The number of nitrogens with one attached hydrogen (secondary N) is 1. The van der Waals surface area contributed by atoms with Gasteiger partial charge in [0.25, 0.3) is 0 Å². The maximum absolute atomic E-state index is 6.06. The van der Waals surface area contributed by atoms with Gasteiger partial charge in [0.15, 0.2) is 5.82 Å². The lowest BCUT2D eigenvalue weighted by atomic mass is 9.97. The van der Waals surface area contributed by atoms with Gasteiger partial charge in [0, 0.05) is 31.9 Å². The van der Waals surface area contributed by atoms with E-state index < -0.39 is 0 Å². The van der Waals surface area contributed by atoms with Crippen molar-refractivity contribution in [3.05, 3.63) is 41.3 Å². The molecule has 1 aliphatic heterocycles. The molecule has 0 radical (unpaired) electrons. The third-order valence-electron chi connectivity index (χ3n) is 4.32. The molecule has 1 unspecified atom stereocenters. The molecule has 1 N–H and O–H groups in total. The summed E-state index contributed by atoms with van der Waals surface area (Å²) in [6.45, 7) is 5.22. The number of nitrogens with zero attached hydrogens (tertiary/aromatic N) is 5. The van der Waals surface area contributed by atoms with Crippen LogP contribution in [0.3, 0.4) is 0 Å². The van der Waals surface area contributed by atoms with Gasteiger partial charge in [-0.25, -0.2) is 4.98 Å². The standard InChI is InChI=1S/C16H20N6OS/c1-16(12-8-17-21(2)9-12)11-22(5-6-23-16)10-14-18-15(20-19-14)13-4-3-7-24-13/h3-4,7-9H,5-6,10-11H2,1-2H3,(H,18,19,20). The number of aromatic amines is 1. The number of H-pyrrole nitrogens is 1. The number of thiophene rings is 1. The first-order valence-corrected chi connectivity index (χ1v) is 8.81. The number of morpholine rings is 1. The normalized spacial score (nSPS) is 22.1. The van der Waals surface area contributed by atoms with E-state index in [2.05, 4.69) is 32.1 Å². The van der Waals surface area contributed by atoms with Crippen LogP contribution in [-0.2, 0) is 23.9 Å². The molecule has 1 saturated heterocycles. The van der Waals surface area contributed by atoms with Gasteiger partial charge in [-0.1, -0.05) is 6.07 Å². The zero-order chi connectivity index (χ0) is 16.6. The van der Waals surface area contributed by atoms with Crippen molar-refractivity contribution in [2.45, 2.75) is 19.1 Å². The zero-order valence-electron chi connectivity index (χ0n) is 13.8. The number of ether oxygens (including phenoxy) is 1. The van der Waals surface area contributed by atoms with Crippen LogP contribution < -0.4 is 0 Å². The van der Waals surface area contributed by atoms with E-state index in [1.165, 1.54) is 0 Å². The Labute approximate surface area is 144 Å². The summed E-state index contributed by atoms with van der Waals surface area (Å²) in [5.41, 5.74) is 0.759. The van der Waals surface area contributed by atoms with Crippen molar-refractivity contribution >= 4 is 11.3 Å². The Hall–Kier alpha value is -2.03. The van der Waals surface area contributed by atoms with E-state index in [1.807, 2.05) is 41.6 Å². The number of rotatable bonds is 4. The Morgan fingerprint density at radius 1 is 1.46 bits per heavy atom. The second-order valence-electron chi connectivity index (χ2n) is 6.28. The third-order valence-corrected chi connectivity index (χ3v) is 5.18. The first kappa shape index (κ1) is 15.5. The highest BCUT2D eigenvalue weighted by Gasteiger charge is 2.35. The molecule has 0 aliphatic carbocycles. The van der Waals surface area contributed by atoms with Crippen molar-refractivity contribution in [3.63, 3.8) is 0 Å². The molecule has 3 aromatic heterocycles. The van der Waals surface area contributed by atoms with Crippen LogP contribution in [0.5, 0.6) is 0 Å². The van der Waals surface area contributed by atoms with E-state index in [9.17, 15) is 0 Å². The van der Waals surface area contributed by atoms with Gasteiger partial charge in [0.1, 0.15) is 11.4 Å². The van der Waals surface area contributed by atoms with Crippen LogP contribution in [0, 0.1) is 0 Å². The van der Waals surface area contributed by atoms with Crippen LogP contribution in [0.15, 0.2) is 29.9 Å². The molecule has 24 heavy (non-hydrogen) atoms. The van der Waals surface area contributed by atoms with Gasteiger partial charge in [-0.3, -0.25) is 14.7 Å². The minimum absolute atomic E-state index is 0.344. The summed E-state index contributed by atoms with van der Waals surface area (Å²) in [6, 6.07) is 4.04. The van der Waals surface area contributed by atoms with E-state index in [1.54, 1.807) is 11.3 Å². The largest absolute Gasteiger partial charge is 0.368 e. The Morgan fingerprint density at radius 2 is 2.38 bits per heavy atom. The lowest BCUT2D eigenvalue weighted by molar-refractivity contribution is -0.106. The third kappa shape index (κ3) is 3.00. The Kier molecular flexibility index (Phi) is 3.95. The molecule has 4 rings (SSSR count). The van der Waals surface area contributed by atoms with Gasteiger partial charge in [-0.15, -0.1) is 11.3 Å². The fraction of sp³-hybridized carbons (Fsp3) is 0.438. The smallest absolute Gasteiger partial charge is 0.191 e. The summed E-state index contributed by atoms with van der Waals surface area (Å²) >= 11 is 1.65. The topological polar surface area (TPSA) is 71.9 Å². The molecule has 3 aromatic rings. The molecule has 4 heterocycles. The van der Waals surface area contributed by atoms with E-state index in [0.717, 1.165) is 41.7 Å². The number of hydrogen-bond acceptors (Lipinski definition) is 6. The molecule has 0 spiro atoms. The first-order chi connectivity index (χ1) is 11.6. The van der Waals surface area contributed by atoms with Crippen LogP contribution in [0.1, 0.15) is 18.3 Å². The summed E-state index contributed by atoms with van der Waals surface area (Å²) in [7, 11) is 1.92. The van der Waals surface area contributed by atoms with Crippen molar-refractivity contribution in [1.29, 1.82) is 0 Å². The summed E-state index contributed by atoms with van der Waals surface area (Å²) in [4.78, 5) is 8.04. The second kappa shape index (κ2) is 6.12. The predicted molar refractivity (Wildman–Crippen MR) is 91.5 cm³/mol. The average Bonchev–Trinajstić information content (AvgIpc) is 3.27. The summed E-state index contributed by atoms with van der Waals surface area (Å²) in [6.07, 6.45) is 3.90. The SMILES string of the molecule is Cn1cc(C2(C)CN(Cc3nc(-c4cccs4)n[nH]3)CCO2)cn1. The van der Waals surface area contributed by atoms with E-state index in [-0.39, 0.29) is 5.60 Å². The minimum Gasteiger partial charge on any atom is -0.368 e. The molecule has 126 valence electrons. The average molecular weight is 344 g/mol. The molecule has 1 aliphatic rings. The lowest BCUT2D eigenvalue weighted by Crippen LogP contribution is -2.47. The summed E-state index contributed by atoms with van der Waals surface area (Å²) in [5.74, 6) is 1.65. The highest BCUT2D eigenvalue weighted by molar-refractivity contribution is 7.13. The fourth-order valence-electron chi connectivity index (χ4n) is 3.05. The van der Waals surface area contributed by atoms with Crippen LogP contribution in [0.25, 0.3) is 10.7 Å². The van der Waals surface area contributed by atoms with Crippen LogP contribution >= 0.6 is 11.3 Å². The number of aromatic nitrogens is 5. The summed E-state index contributed by atoms with van der Waals surface area (Å²) in [5, 5.41) is 13.7. The first-order valence-electron chi connectivity index (χ1n) is 7.93. The molecule has 7 nitrogen and oxygen atoms in total. The van der Waals surface area contributed by atoms with Gasteiger partial charge in [-0.2, -0.15) is 10.2 Å². The van der Waals surface area contributed by atoms with Crippen molar-refractivity contribution in [2.75, 3.05) is 19.7 Å². The Morgan fingerprint density at radius 3 is 3.12 bits per heavy atom. The maximum Gasteiger partial charge on any atom is 0.191 e. The van der Waals surface area contributed by atoms with Gasteiger partial charge in [-0.05, 0) is 18.4 Å². The predicted octanol–water partition coefficient (Wildman–Crippen LogP) is 2.01. The van der Waals surface area contributed by atoms with Crippen LogP contribution in [0.4, 0.5) is 0 Å². The molecule has 0 amide bonds. The lowest BCUT2D eigenvalue weighted by Gasteiger charge is -2.39. The van der Waals surface area contributed by atoms with Crippen molar-refractivity contribution in [3.8, 4) is 10.7 Å². The highest BCUT2D eigenvalue weighted by Crippen LogP contribution is 2.29. The van der Waals surface area contributed by atoms with Gasteiger partial charge in [0.2, 0.25) is 0 Å². The molecule has 0 bridgehead atoms. The molecule has 0 saturated carbocycles. The van der Waals surface area contributed by atoms with Gasteiger partial charge >= 0.3 is 0 Å². The number of hydrogen-bond donors (Lipinski definition) is 1. The molecular weight excluding hydrogens is 324 g/mol. The van der Waals surface area contributed by atoms with E-state index in [4.69, 9.17) is 4.74 Å². The minimum atomic E-state index is -0.344. The molecule has 0 aromatic carbocycles. The maximum atomic E-state index is 6.06. The number of aryl methyl sites for hydroxylation is 1. The van der Waals surface area contributed by atoms with E-state index >= 15 is 0 Å². The molecule has 1 atom stereocenters. The monoisotopic (exact) mass is 344 g/mol. The van der Waals surface area contributed by atoms with Crippen LogP contribution in [-0.4, -0.2) is 49.6 Å². The molecular formula is C16H20N6OS. The zero-order valence-corrected chi connectivity index (χ0v) is 14.6. The quantitative estimate of drug-likeness (QED) is 0.784. The summed E-state index contributed by atoms with van der Waals surface area (Å²) < 4.78 is 7.87. The van der Waals surface area contributed by atoms with Crippen LogP contribution in [0.2, 0.25) is 0 Å². The molecule has 8 heteroatoms. The Balaban J connectivity index is 1.47. The van der Waals surface area contributed by atoms with Gasteiger partial charge in [0.05, 0.1) is 24.2 Å². The molecule has 1 fully saturated rings.